The first kappa shape index (κ1) is 18.8. The summed E-state index contributed by atoms with van der Waals surface area (Å²) in [6.07, 6.45) is 6.98. The van der Waals surface area contributed by atoms with E-state index in [4.69, 9.17) is 10.5 Å². The van der Waals surface area contributed by atoms with Crippen molar-refractivity contribution in [3.05, 3.63) is 18.5 Å². The molecule has 3 N–H and O–H groups in total. The monoisotopic (exact) mass is 361 g/mol. The average Bonchev–Trinajstić information content (AvgIpc) is 2.71. The summed E-state index contributed by atoms with van der Waals surface area (Å²) >= 11 is 0. The minimum absolute atomic E-state index is 0.501. The fourth-order valence-electron chi connectivity index (χ4n) is 3.48. The minimum Gasteiger partial charge on any atom is -0.379 e. The number of hydrogen-bond donors (Lipinski definition) is 2. The van der Waals surface area contributed by atoms with Crippen LogP contribution < -0.4 is 16.0 Å². The van der Waals surface area contributed by atoms with Crippen molar-refractivity contribution in [2.45, 2.75) is 19.3 Å². The number of aromatic nitrogens is 2. The van der Waals surface area contributed by atoms with Crippen LogP contribution >= 0.6 is 0 Å². The summed E-state index contributed by atoms with van der Waals surface area (Å²) in [6.45, 7) is 8.43. The number of nitrogens with two attached hydrogens (primary N) is 1. The molecule has 0 aromatic carbocycles. The summed E-state index contributed by atoms with van der Waals surface area (Å²) < 4.78 is 5.36. The largest absolute Gasteiger partial charge is 0.379 e. The maximum atomic E-state index is 6.02. The highest BCUT2D eigenvalue weighted by Gasteiger charge is 2.21. The first-order valence-corrected chi connectivity index (χ1v) is 9.67. The van der Waals surface area contributed by atoms with Crippen molar-refractivity contribution in [1.29, 1.82) is 0 Å². The molecule has 3 heterocycles. The van der Waals surface area contributed by atoms with Gasteiger partial charge in [0.1, 0.15) is 0 Å². The standard InChI is InChI=1S/C18H31N7O/c19-17(20-7-3-8-24-10-12-26-13-11-24)23-14-16-4-1-9-25(15-16)18-21-5-2-6-22-18/h2,5-6,16H,1,3-4,7-15H2,(H3,19,20,23). The van der Waals surface area contributed by atoms with Gasteiger partial charge in [-0.05, 0) is 37.8 Å². The van der Waals surface area contributed by atoms with E-state index in [1.165, 1.54) is 6.42 Å². The Bertz CT molecular complexity index is 548. The number of morpholine rings is 1. The molecule has 0 amide bonds. The second-order valence-electron chi connectivity index (χ2n) is 6.96. The number of aliphatic imine (C=N–C) groups is 1. The molecule has 0 radical (unpaired) electrons. The minimum atomic E-state index is 0.501. The van der Waals surface area contributed by atoms with E-state index in [9.17, 15) is 0 Å². The number of nitrogens with one attached hydrogen (secondary N) is 1. The van der Waals surface area contributed by atoms with Crippen LogP contribution in [0.15, 0.2) is 23.5 Å². The van der Waals surface area contributed by atoms with E-state index >= 15 is 0 Å². The Balaban J connectivity index is 1.34. The molecule has 0 saturated carbocycles. The van der Waals surface area contributed by atoms with Crippen LogP contribution in [0.3, 0.4) is 0 Å². The van der Waals surface area contributed by atoms with Crippen molar-refractivity contribution >= 4 is 11.9 Å². The van der Waals surface area contributed by atoms with Crippen LogP contribution in [0.1, 0.15) is 19.3 Å². The molecule has 0 spiro atoms. The third kappa shape index (κ3) is 6.10. The van der Waals surface area contributed by atoms with Gasteiger partial charge in [0.25, 0.3) is 0 Å². The van der Waals surface area contributed by atoms with E-state index in [1.54, 1.807) is 12.4 Å². The number of hydrogen-bond acceptors (Lipinski definition) is 6. The third-order valence-electron chi connectivity index (χ3n) is 4.93. The van der Waals surface area contributed by atoms with Crippen molar-refractivity contribution in [1.82, 2.24) is 20.2 Å². The predicted molar refractivity (Wildman–Crippen MR) is 103 cm³/mol. The van der Waals surface area contributed by atoms with Gasteiger partial charge in [0, 0.05) is 51.7 Å². The highest BCUT2D eigenvalue weighted by molar-refractivity contribution is 5.77. The summed E-state index contributed by atoms with van der Waals surface area (Å²) in [5.41, 5.74) is 6.02. The Kier molecular flexibility index (Phi) is 7.45. The quantitative estimate of drug-likeness (QED) is 0.410. The van der Waals surface area contributed by atoms with Gasteiger partial charge in [-0.25, -0.2) is 9.97 Å². The highest BCUT2D eigenvalue weighted by Crippen LogP contribution is 2.20. The van der Waals surface area contributed by atoms with Crippen molar-refractivity contribution in [3.63, 3.8) is 0 Å². The van der Waals surface area contributed by atoms with Gasteiger partial charge in [0.2, 0.25) is 5.95 Å². The molecule has 1 aromatic heterocycles. The van der Waals surface area contributed by atoms with Gasteiger partial charge < -0.3 is 20.7 Å². The fourth-order valence-corrected chi connectivity index (χ4v) is 3.48. The van der Waals surface area contributed by atoms with Crippen molar-refractivity contribution in [3.8, 4) is 0 Å². The Morgan fingerprint density at radius 3 is 2.88 bits per heavy atom. The molecule has 0 bridgehead atoms. The lowest BCUT2D eigenvalue weighted by Gasteiger charge is -2.31. The molecular weight excluding hydrogens is 330 g/mol. The van der Waals surface area contributed by atoms with Gasteiger partial charge in [-0.15, -0.1) is 0 Å². The molecular formula is C18H31N7O. The molecule has 8 heteroatoms. The molecule has 8 nitrogen and oxygen atoms in total. The van der Waals surface area contributed by atoms with Gasteiger partial charge >= 0.3 is 0 Å². The normalized spacial score (nSPS) is 22.4. The SMILES string of the molecule is NC(=NCC1CCCN(c2ncccn2)C1)NCCCN1CCOCC1. The van der Waals surface area contributed by atoms with Crippen LogP contribution in [-0.2, 0) is 4.74 Å². The predicted octanol–water partition coefficient (Wildman–Crippen LogP) is 0.320. The second-order valence-corrected chi connectivity index (χ2v) is 6.96. The first-order chi connectivity index (χ1) is 12.8. The summed E-state index contributed by atoms with van der Waals surface area (Å²) in [4.78, 5) is 17.9. The molecule has 26 heavy (non-hydrogen) atoms. The van der Waals surface area contributed by atoms with Crippen LogP contribution in [0, 0.1) is 5.92 Å². The lowest BCUT2D eigenvalue weighted by molar-refractivity contribution is 0.0376. The number of rotatable bonds is 7. The van der Waals surface area contributed by atoms with Crippen LogP contribution in [0.4, 0.5) is 5.95 Å². The number of anilines is 1. The van der Waals surface area contributed by atoms with Gasteiger partial charge in [0.05, 0.1) is 13.2 Å². The summed E-state index contributed by atoms with van der Waals surface area (Å²) in [6, 6.07) is 1.85. The van der Waals surface area contributed by atoms with Crippen LogP contribution in [-0.4, -0.2) is 79.9 Å². The van der Waals surface area contributed by atoms with E-state index in [-0.39, 0.29) is 0 Å². The lowest BCUT2D eigenvalue weighted by atomic mass is 9.98. The molecule has 2 fully saturated rings. The Morgan fingerprint density at radius 2 is 2.08 bits per heavy atom. The average molecular weight is 361 g/mol. The summed E-state index contributed by atoms with van der Waals surface area (Å²) in [5.74, 6) is 1.87. The Hall–Kier alpha value is -1.93. The van der Waals surface area contributed by atoms with Gasteiger partial charge in [-0.3, -0.25) is 9.89 Å². The molecule has 0 aliphatic carbocycles. The first-order valence-electron chi connectivity index (χ1n) is 9.67. The van der Waals surface area contributed by atoms with Gasteiger partial charge in [-0.1, -0.05) is 0 Å². The number of nitrogens with zero attached hydrogens (tertiary/aromatic N) is 5. The highest BCUT2D eigenvalue weighted by atomic mass is 16.5. The molecule has 2 aliphatic rings. The van der Waals surface area contributed by atoms with Crippen molar-refractivity contribution < 1.29 is 4.74 Å². The molecule has 1 atom stereocenters. The molecule has 2 saturated heterocycles. The van der Waals surface area contributed by atoms with E-state index in [2.05, 4.69) is 30.1 Å². The molecule has 2 aliphatic heterocycles. The zero-order chi connectivity index (χ0) is 18.0. The van der Waals surface area contributed by atoms with Gasteiger partial charge in [-0.2, -0.15) is 0 Å². The fraction of sp³-hybridized carbons (Fsp3) is 0.722. The van der Waals surface area contributed by atoms with E-state index < -0.39 is 0 Å². The van der Waals surface area contributed by atoms with E-state index in [0.717, 1.165) is 77.8 Å². The lowest BCUT2D eigenvalue weighted by Crippen LogP contribution is -2.40. The Morgan fingerprint density at radius 1 is 1.27 bits per heavy atom. The Labute approximate surface area is 155 Å². The smallest absolute Gasteiger partial charge is 0.225 e. The molecule has 1 unspecified atom stereocenters. The van der Waals surface area contributed by atoms with Crippen LogP contribution in [0.2, 0.25) is 0 Å². The summed E-state index contributed by atoms with van der Waals surface area (Å²) in [7, 11) is 0. The zero-order valence-electron chi connectivity index (χ0n) is 15.5. The third-order valence-corrected chi connectivity index (χ3v) is 4.93. The van der Waals surface area contributed by atoms with Gasteiger partial charge in [0.15, 0.2) is 5.96 Å². The van der Waals surface area contributed by atoms with Crippen molar-refractivity contribution in [2.24, 2.45) is 16.6 Å². The maximum absolute atomic E-state index is 6.02. The second kappa shape index (κ2) is 10.3. The van der Waals surface area contributed by atoms with Crippen LogP contribution in [0.25, 0.3) is 0 Å². The topological polar surface area (TPSA) is 91.9 Å². The molecule has 3 rings (SSSR count). The number of ether oxygens (including phenoxy) is 1. The van der Waals surface area contributed by atoms with E-state index in [1.807, 2.05) is 6.07 Å². The van der Waals surface area contributed by atoms with E-state index in [0.29, 0.717) is 11.9 Å². The van der Waals surface area contributed by atoms with Crippen LogP contribution in [0.5, 0.6) is 0 Å². The van der Waals surface area contributed by atoms with Crippen molar-refractivity contribution in [2.75, 3.05) is 63.9 Å². The summed E-state index contributed by atoms with van der Waals surface area (Å²) in [5, 5.41) is 3.24. The number of piperidine rings is 1. The maximum Gasteiger partial charge on any atom is 0.225 e. The number of guanidine groups is 1. The zero-order valence-corrected chi connectivity index (χ0v) is 15.5. The molecule has 144 valence electrons. The molecule has 1 aromatic rings.